The van der Waals surface area contributed by atoms with Crippen LogP contribution in [0.4, 0.5) is 0 Å². The highest BCUT2D eigenvalue weighted by atomic mass is 32.1. The van der Waals surface area contributed by atoms with E-state index in [1.54, 1.807) is 11.6 Å². The Morgan fingerprint density at radius 1 is 1.48 bits per heavy atom. The molecule has 0 saturated carbocycles. The van der Waals surface area contributed by atoms with Crippen LogP contribution in [0.25, 0.3) is 10.2 Å². The minimum Gasteiger partial charge on any atom is -0.348 e. The third kappa shape index (κ3) is 3.70. The molecular formula is C15H23N5O2S. The van der Waals surface area contributed by atoms with Crippen molar-refractivity contribution in [3.8, 4) is 0 Å². The molecule has 0 saturated heterocycles. The van der Waals surface area contributed by atoms with Crippen LogP contribution in [-0.4, -0.2) is 39.7 Å². The first-order chi connectivity index (χ1) is 10.6. The smallest absolute Gasteiger partial charge is 0.262 e. The molecule has 23 heavy (non-hydrogen) atoms. The van der Waals surface area contributed by atoms with E-state index in [1.807, 2.05) is 33.9 Å². The fourth-order valence-electron chi connectivity index (χ4n) is 2.14. The summed E-state index contributed by atoms with van der Waals surface area (Å²) in [6.07, 6.45) is 0. The molecule has 0 aliphatic heterocycles. The summed E-state index contributed by atoms with van der Waals surface area (Å²) in [5, 5.41) is 10.8. The van der Waals surface area contributed by atoms with Gasteiger partial charge in [-0.25, -0.2) is 0 Å². The first-order valence-corrected chi connectivity index (χ1v) is 8.22. The number of carbonyl (C=O) groups is 2. The van der Waals surface area contributed by atoms with Gasteiger partial charge in [-0.05, 0) is 33.8 Å². The molecule has 1 atom stereocenters. The molecule has 0 aliphatic rings. The Labute approximate surface area is 139 Å². The maximum absolute atomic E-state index is 12.3. The number of nitrogens with zero attached hydrogens (tertiary/aromatic N) is 2. The van der Waals surface area contributed by atoms with Gasteiger partial charge < -0.3 is 16.4 Å². The van der Waals surface area contributed by atoms with Gasteiger partial charge in [0.1, 0.15) is 10.9 Å². The van der Waals surface area contributed by atoms with Gasteiger partial charge in [-0.2, -0.15) is 5.10 Å². The highest BCUT2D eigenvalue weighted by molar-refractivity contribution is 7.20. The number of carbonyl (C=O) groups excluding carboxylic acids is 2. The minimum absolute atomic E-state index is 0.257. The molecule has 2 amide bonds. The van der Waals surface area contributed by atoms with E-state index in [9.17, 15) is 9.59 Å². The molecule has 4 N–H and O–H groups in total. The van der Waals surface area contributed by atoms with Crippen molar-refractivity contribution in [1.82, 2.24) is 20.4 Å². The summed E-state index contributed by atoms with van der Waals surface area (Å²) in [6, 6.07) is 1.17. The molecule has 126 valence electrons. The van der Waals surface area contributed by atoms with Crippen molar-refractivity contribution in [3.63, 3.8) is 0 Å². The number of rotatable bonds is 5. The predicted octanol–water partition coefficient (Wildman–Crippen LogP) is 0.915. The number of fused-ring (bicyclic) bond motifs is 1. The standard InChI is InChI=1S/C15H23N5O2S/c1-8-10-6-11(23-14(10)20(5)19-8)13(22)17-9(2)12(21)18-15(3,4)7-16/h6,9H,7,16H2,1-5H3,(H,17,22)(H,18,21). The largest absolute Gasteiger partial charge is 0.348 e. The Morgan fingerprint density at radius 3 is 2.70 bits per heavy atom. The summed E-state index contributed by atoms with van der Waals surface area (Å²) in [5.74, 6) is -0.522. The molecule has 7 nitrogen and oxygen atoms in total. The lowest BCUT2D eigenvalue weighted by Gasteiger charge is -2.26. The second-order valence-electron chi connectivity index (χ2n) is 6.31. The second kappa shape index (κ2) is 6.29. The van der Waals surface area contributed by atoms with Gasteiger partial charge in [-0.15, -0.1) is 11.3 Å². The monoisotopic (exact) mass is 337 g/mol. The van der Waals surface area contributed by atoms with Crippen LogP contribution in [0, 0.1) is 6.92 Å². The summed E-state index contributed by atoms with van der Waals surface area (Å²) >= 11 is 1.36. The Bertz CT molecular complexity index is 712. The number of hydrogen-bond donors (Lipinski definition) is 3. The van der Waals surface area contributed by atoms with Gasteiger partial charge in [0.25, 0.3) is 5.91 Å². The van der Waals surface area contributed by atoms with Crippen LogP contribution in [0.5, 0.6) is 0 Å². The highest BCUT2D eigenvalue weighted by Gasteiger charge is 2.24. The zero-order valence-electron chi connectivity index (χ0n) is 14.1. The Hall–Kier alpha value is -1.93. The number of aromatic nitrogens is 2. The van der Waals surface area contributed by atoms with Gasteiger partial charge >= 0.3 is 0 Å². The van der Waals surface area contributed by atoms with Crippen molar-refractivity contribution >= 4 is 33.4 Å². The molecule has 0 bridgehead atoms. The van der Waals surface area contributed by atoms with Gasteiger partial charge in [-0.3, -0.25) is 14.3 Å². The van der Waals surface area contributed by atoms with Crippen LogP contribution in [0.1, 0.15) is 36.1 Å². The van der Waals surface area contributed by atoms with Crippen molar-refractivity contribution < 1.29 is 9.59 Å². The average Bonchev–Trinajstić information content (AvgIpc) is 3.01. The fourth-order valence-corrected chi connectivity index (χ4v) is 3.17. The topological polar surface area (TPSA) is 102 Å². The van der Waals surface area contributed by atoms with Crippen molar-refractivity contribution in [2.45, 2.75) is 39.3 Å². The normalized spacial score (nSPS) is 13.1. The van der Waals surface area contributed by atoms with E-state index in [2.05, 4.69) is 15.7 Å². The zero-order valence-corrected chi connectivity index (χ0v) is 14.9. The van der Waals surface area contributed by atoms with Crippen molar-refractivity contribution in [2.75, 3.05) is 6.54 Å². The summed E-state index contributed by atoms with van der Waals surface area (Å²) in [6.45, 7) is 7.55. The van der Waals surface area contributed by atoms with Crippen molar-refractivity contribution in [2.24, 2.45) is 12.8 Å². The Balaban J connectivity index is 2.08. The van der Waals surface area contributed by atoms with Crippen molar-refractivity contribution in [1.29, 1.82) is 0 Å². The fraction of sp³-hybridized carbons (Fsp3) is 0.533. The predicted molar refractivity (Wildman–Crippen MR) is 91.5 cm³/mol. The van der Waals surface area contributed by atoms with Crippen LogP contribution in [0.3, 0.4) is 0 Å². The third-order valence-electron chi connectivity index (χ3n) is 3.63. The van der Waals surface area contributed by atoms with E-state index in [1.165, 1.54) is 11.3 Å². The van der Waals surface area contributed by atoms with E-state index in [0.717, 1.165) is 15.9 Å². The molecule has 0 fully saturated rings. The lowest BCUT2D eigenvalue weighted by Crippen LogP contribution is -2.54. The van der Waals surface area contributed by atoms with E-state index in [-0.39, 0.29) is 11.8 Å². The molecule has 0 aromatic carbocycles. The highest BCUT2D eigenvalue weighted by Crippen LogP contribution is 2.27. The van der Waals surface area contributed by atoms with Gasteiger partial charge in [0, 0.05) is 24.5 Å². The number of nitrogens with two attached hydrogens (primary N) is 1. The molecule has 2 rings (SSSR count). The molecule has 0 aliphatic carbocycles. The van der Waals surface area contributed by atoms with E-state index in [4.69, 9.17) is 5.73 Å². The Kier molecular flexibility index (Phi) is 4.76. The van der Waals surface area contributed by atoms with Gasteiger partial charge in [0.15, 0.2) is 0 Å². The van der Waals surface area contributed by atoms with Crippen LogP contribution in [0.15, 0.2) is 6.07 Å². The molecule has 0 radical (unpaired) electrons. The Morgan fingerprint density at radius 2 is 2.13 bits per heavy atom. The van der Waals surface area contributed by atoms with Crippen LogP contribution >= 0.6 is 11.3 Å². The SMILES string of the molecule is Cc1nn(C)c2sc(C(=O)NC(C)C(=O)NC(C)(C)CN)cc12. The summed E-state index contributed by atoms with van der Waals surface area (Å²) in [4.78, 5) is 26.0. The van der Waals surface area contributed by atoms with E-state index < -0.39 is 11.6 Å². The van der Waals surface area contributed by atoms with E-state index >= 15 is 0 Å². The van der Waals surface area contributed by atoms with Crippen LogP contribution in [0.2, 0.25) is 0 Å². The second-order valence-corrected chi connectivity index (χ2v) is 7.34. The zero-order chi connectivity index (χ0) is 17.4. The summed E-state index contributed by atoms with van der Waals surface area (Å²) < 4.78 is 1.76. The number of thiophene rings is 1. The number of aryl methyl sites for hydroxylation is 2. The molecule has 2 aromatic rings. The van der Waals surface area contributed by atoms with Crippen LogP contribution < -0.4 is 16.4 Å². The van der Waals surface area contributed by atoms with Crippen LogP contribution in [-0.2, 0) is 11.8 Å². The van der Waals surface area contributed by atoms with Gasteiger partial charge in [0.05, 0.1) is 10.6 Å². The van der Waals surface area contributed by atoms with E-state index in [0.29, 0.717) is 11.4 Å². The first kappa shape index (κ1) is 17.4. The number of hydrogen-bond acceptors (Lipinski definition) is 5. The molecule has 0 spiro atoms. The molecular weight excluding hydrogens is 314 g/mol. The molecule has 1 unspecified atom stereocenters. The quantitative estimate of drug-likeness (QED) is 0.755. The lowest BCUT2D eigenvalue weighted by molar-refractivity contribution is -0.124. The maximum Gasteiger partial charge on any atom is 0.262 e. The molecule has 8 heteroatoms. The first-order valence-electron chi connectivity index (χ1n) is 7.40. The van der Waals surface area contributed by atoms with Crippen molar-refractivity contribution in [3.05, 3.63) is 16.6 Å². The number of amides is 2. The number of nitrogens with one attached hydrogen (secondary N) is 2. The average molecular weight is 337 g/mol. The van der Waals surface area contributed by atoms with Gasteiger partial charge in [-0.1, -0.05) is 0 Å². The lowest BCUT2D eigenvalue weighted by atomic mass is 10.1. The summed E-state index contributed by atoms with van der Waals surface area (Å²) in [5.41, 5.74) is 5.98. The molecule has 2 aromatic heterocycles. The summed E-state index contributed by atoms with van der Waals surface area (Å²) in [7, 11) is 1.85. The third-order valence-corrected chi connectivity index (χ3v) is 4.83. The minimum atomic E-state index is -0.641. The maximum atomic E-state index is 12.3. The molecule has 2 heterocycles. The van der Waals surface area contributed by atoms with Gasteiger partial charge in [0.2, 0.25) is 5.91 Å².